The smallest absolute Gasteiger partial charge is 0.229 e. The van der Waals surface area contributed by atoms with E-state index in [0.29, 0.717) is 16.4 Å². The minimum absolute atomic E-state index is 0.00355. The van der Waals surface area contributed by atoms with E-state index in [1.54, 1.807) is 17.5 Å². The molecule has 1 heterocycles. The third-order valence-electron chi connectivity index (χ3n) is 3.82. The summed E-state index contributed by atoms with van der Waals surface area (Å²) in [5, 5.41) is 5.20. The number of methoxy groups -OCH3 is 1. The first-order valence-corrected chi connectivity index (χ1v) is 8.30. The van der Waals surface area contributed by atoms with Crippen molar-refractivity contribution in [1.29, 1.82) is 0 Å². The van der Waals surface area contributed by atoms with Crippen LogP contribution in [0.1, 0.15) is 19.3 Å². The molecule has 0 saturated carbocycles. The van der Waals surface area contributed by atoms with Crippen LogP contribution in [0.2, 0.25) is 0 Å². The van der Waals surface area contributed by atoms with Crippen LogP contribution in [0.3, 0.4) is 0 Å². The van der Waals surface area contributed by atoms with Crippen LogP contribution in [0.4, 0.5) is 9.52 Å². The van der Waals surface area contributed by atoms with Gasteiger partial charge in [-0.2, -0.15) is 0 Å². The van der Waals surface area contributed by atoms with Gasteiger partial charge in [0, 0.05) is 16.9 Å². The van der Waals surface area contributed by atoms with Crippen molar-refractivity contribution in [2.45, 2.75) is 19.3 Å². The molecule has 1 aliphatic carbocycles. The number of carbonyl (C=O) groups excluding carboxylic acids is 1. The van der Waals surface area contributed by atoms with Gasteiger partial charge in [-0.15, -0.1) is 11.3 Å². The van der Waals surface area contributed by atoms with E-state index in [2.05, 4.69) is 16.4 Å². The highest BCUT2D eigenvalue weighted by molar-refractivity contribution is 7.14. The molecular weight excluding hydrogens is 315 g/mol. The number of nitrogens with one attached hydrogen (secondary N) is 1. The highest BCUT2D eigenvalue weighted by atomic mass is 32.1. The molecule has 1 aromatic carbocycles. The molecule has 1 aliphatic rings. The van der Waals surface area contributed by atoms with E-state index >= 15 is 0 Å². The number of thiazole rings is 1. The van der Waals surface area contributed by atoms with E-state index in [1.807, 2.05) is 6.08 Å². The summed E-state index contributed by atoms with van der Waals surface area (Å²) >= 11 is 1.34. The molecule has 4 nitrogen and oxygen atoms in total. The highest BCUT2D eigenvalue weighted by Crippen LogP contribution is 2.29. The summed E-state index contributed by atoms with van der Waals surface area (Å²) in [5.41, 5.74) is 1.29. The van der Waals surface area contributed by atoms with Crippen LogP contribution in [-0.4, -0.2) is 18.0 Å². The number of amides is 1. The molecule has 0 bridgehead atoms. The second-order valence-electron chi connectivity index (χ2n) is 5.36. The lowest BCUT2D eigenvalue weighted by atomic mass is 9.94. The summed E-state index contributed by atoms with van der Waals surface area (Å²) in [7, 11) is 1.43. The van der Waals surface area contributed by atoms with Crippen molar-refractivity contribution in [2.75, 3.05) is 12.4 Å². The maximum Gasteiger partial charge on any atom is 0.229 e. The third kappa shape index (κ3) is 3.59. The Morgan fingerprint density at radius 2 is 2.30 bits per heavy atom. The number of benzene rings is 1. The fraction of sp³-hybridized carbons (Fsp3) is 0.294. The van der Waals surface area contributed by atoms with Gasteiger partial charge in [-0.25, -0.2) is 9.37 Å². The van der Waals surface area contributed by atoms with E-state index in [1.165, 1.54) is 24.5 Å². The second kappa shape index (κ2) is 6.91. The van der Waals surface area contributed by atoms with E-state index in [0.717, 1.165) is 19.3 Å². The van der Waals surface area contributed by atoms with Crippen LogP contribution in [0.25, 0.3) is 11.3 Å². The van der Waals surface area contributed by atoms with Gasteiger partial charge in [0.2, 0.25) is 5.91 Å². The van der Waals surface area contributed by atoms with Crippen molar-refractivity contribution in [1.82, 2.24) is 4.98 Å². The molecule has 1 amide bonds. The Morgan fingerprint density at radius 1 is 1.43 bits per heavy atom. The first-order chi connectivity index (χ1) is 11.2. The van der Waals surface area contributed by atoms with E-state index < -0.39 is 5.82 Å². The van der Waals surface area contributed by atoms with Gasteiger partial charge in [-0.05, 0) is 37.5 Å². The van der Waals surface area contributed by atoms with Gasteiger partial charge in [0.1, 0.15) is 0 Å². The molecule has 23 heavy (non-hydrogen) atoms. The summed E-state index contributed by atoms with van der Waals surface area (Å²) in [6.45, 7) is 0. The number of halogens is 1. The fourth-order valence-corrected chi connectivity index (χ4v) is 3.25. The summed E-state index contributed by atoms with van der Waals surface area (Å²) in [4.78, 5) is 16.6. The Labute approximate surface area is 138 Å². The van der Waals surface area contributed by atoms with Gasteiger partial charge in [-0.1, -0.05) is 12.2 Å². The standard InChI is InChI=1S/C17H17FN2O2S/c1-22-15-8-7-12(9-13(15)18)14-10-23-17(19-14)20-16(21)11-5-3-2-4-6-11/h2-3,7-11H,4-6H2,1H3,(H,19,20,21). The fourth-order valence-electron chi connectivity index (χ4n) is 2.53. The van der Waals surface area contributed by atoms with Crippen molar-refractivity contribution in [2.24, 2.45) is 5.92 Å². The molecule has 6 heteroatoms. The van der Waals surface area contributed by atoms with Crippen LogP contribution < -0.4 is 10.1 Å². The zero-order chi connectivity index (χ0) is 16.2. The third-order valence-corrected chi connectivity index (χ3v) is 4.58. The number of hydrogen-bond donors (Lipinski definition) is 1. The maximum absolute atomic E-state index is 13.8. The molecule has 120 valence electrons. The molecule has 0 radical (unpaired) electrons. The van der Waals surface area contributed by atoms with Gasteiger partial charge in [0.25, 0.3) is 0 Å². The molecule has 2 aromatic rings. The molecule has 0 spiro atoms. The molecule has 3 rings (SSSR count). The number of aromatic nitrogens is 1. The van der Waals surface area contributed by atoms with E-state index in [-0.39, 0.29) is 17.6 Å². The normalized spacial score (nSPS) is 17.0. The van der Waals surface area contributed by atoms with Gasteiger partial charge in [0.15, 0.2) is 16.7 Å². The molecule has 0 saturated heterocycles. The Bertz CT molecular complexity index is 742. The number of allylic oxidation sites excluding steroid dienone is 2. The Hall–Kier alpha value is -2.21. The number of rotatable bonds is 4. The monoisotopic (exact) mass is 332 g/mol. The zero-order valence-electron chi connectivity index (χ0n) is 12.7. The van der Waals surface area contributed by atoms with Crippen LogP contribution in [0.5, 0.6) is 5.75 Å². The average Bonchev–Trinajstić information content (AvgIpc) is 3.04. The Kier molecular flexibility index (Phi) is 4.71. The number of nitrogens with zero attached hydrogens (tertiary/aromatic N) is 1. The highest BCUT2D eigenvalue weighted by Gasteiger charge is 2.20. The zero-order valence-corrected chi connectivity index (χ0v) is 13.5. The topological polar surface area (TPSA) is 51.2 Å². The van der Waals surface area contributed by atoms with Crippen LogP contribution in [-0.2, 0) is 4.79 Å². The maximum atomic E-state index is 13.8. The molecule has 1 atom stereocenters. The molecule has 1 unspecified atom stereocenters. The lowest BCUT2D eigenvalue weighted by Crippen LogP contribution is -2.23. The molecule has 0 fully saturated rings. The van der Waals surface area contributed by atoms with Gasteiger partial charge >= 0.3 is 0 Å². The molecular formula is C17H17FN2O2S. The Balaban J connectivity index is 1.71. The Morgan fingerprint density at radius 3 is 3.00 bits per heavy atom. The summed E-state index contributed by atoms with van der Waals surface area (Å²) < 4.78 is 18.7. The number of ether oxygens (including phenoxy) is 1. The number of hydrogen-bond acceptors (Lipinski definition) is 4. The average molecular weight is 332 g/mol. The van der Waals surface area contributed by atoms with Gasteiger partial charge in [0.05, 0.1) is 12.8 Å². The van der Waals surface area contributed by atoms with Crippen molar-refractivity contribution < 1.29 is 13.9 Å². The molecule has 0 aliphatic heterocycles. The number of carbonyl (C=O) groups is 1. The van der Waals surface area contributed by atoms with E-state index in [4.69, 9.17) is 4.74 Å². The van der Waals surface area contributed by atoms with Gasteiger partial charge < -0.3 is 10.1 Å². The first kappa shape index (κ1) is 15.7. The largest absolute Gasteiger partial charge is 0.494 e. The SMILES string of the molecule is COc1ccc(-c2csc(NC(=O)C3CC=CCC3)n2)cc1F. The minimum Gasteiger partial charge on any atom is -0.494 e. The van der Waals surface area contributed by atoms with Crippen LogP contribution in [0.15, 0.2) is 35.7 Å². The number of anilines is 1. The van der Waals surface area contributed by atoms with Crippen molar-refractivity contribution in [3.63, 3.8) is 0 Å². The van der Waals surface area contributed by atoms with E-state index in [9.17, 15) is 9.18 Å². The lowest BCUT2D eigenvalue weighted by Gasteiger charge is -2.15. The van der Waals surface area contributed by atoms with Gasteiger partial charge in [-0.3, -0.25) is 4.79 Å². The van der Waals surface area contributed by atoms with Crippen LogP contribution >= 0.6 is 11.3 Å². The summed E-state index contributed by atoms with van der Waals surface area (Å²) in [6, 6.07) is 4.69. The predicted molar refractivity (Wildman–Crippen MR) is 89.2 cm³/mol. The summed E-state index contributed by atoms with van der Waals surface area (Å²) in [5.74, 6) is -0.234. The quantitative estimate of drug-likeness (QED) is 0.852. The first-order valence-electron chi connectivity index (χ1n) is 7.42. The molecule has 1 N–H and O–H groups in total. The second-order valence-corrected chi connectivity index (χ2v) is 6.22. The molecule has 1 aromatic heterocycles. The van der Waals surface area contributed by atoms with Crippen molar-refractivity contribution >= 4 is 22.4 Å². The van der Waals surface area contributed by atoms with Crippen molar-refractivity contribution in [3.05, 3.63) is 41.5 Å². The summed E-state index contributed by atoms with van der Waals surface area (Å²) in [6.07, 6.45) is 6.72. The predicted octanol–water partition coefficient (Wildman–Crippen LogP) is 4.25. The lowest BCUT2D eigenvalue weighted by molar-refractivity contribution is -0.120. The van der Waals surface area contributed by atoms with Crippen molar-refractivity contribution in [3.8, 4) is 17.0 Å². The van der Waals surface area contributed by atoms with Crippen LogP contribution in [0, 0.1) is 11.7 Å². The minimum atomic E-state index is -0.433.